The highest BCUT2D eigenvalue weighted by molar-refractivity contribution is 7.92. The molecule has 21 heavy (non-hydrogen) atoms. The van der Waals surface area contributed by atoms with Crippen molar-refractivity contribution >= 4 is 9.84 Å². The Labute approximate surface area is 129 Å². The second-order valence-electron chi connectivity index (χ2n) is 6.16. The fourth-order valence-electron chi connectivity index (χ4n) is 3.38. The van der Waals surface area contributed by atoms with E-state index >= 15 is 0 Å². The normalized spacial score (nSPS) is 28.2. The number of rotatable bonds is 5. The van der Waals surface area contributed by atoms with Crippen LogP contribution in [0.1, 0.15) is 51.0 Å². The Balaban J connectivity index is 2.25. The zero-order valence-electron chi connectivity index (χ0n) is 13.2. The minimum absolute atomic E-state index is 0.0870. The van der Waals surface area contributed by atoms with E-state index in [2.05, 4.69) is 17.4 Å². The summed E-state index contributed by atoms with van der Waals surface area (Å²) in [6, 6.07) is 10.4. The van der Waals surface area contributed by atoms with E-state index in [-0.39, 0.29) is 16.5 Å². The lowest BCUT2D eigenvalue weighted by molar-refractivity contribution is 0.355. The summed E-state index contributed by atoms with van der Waals surface area (Å²) in [5.74, 6) is 0.361. The van der Waals surface area contributed by atoms with E-state index in [0.29, 0.717) is 12.3 Å². The van der Waals surface area contributed by atoms with Crippen LogP contribution in [0.4, 0.5) is 0 Å². The van der Waals surface area contributed by atoms with Gasteiger partial charge in [0.25, 0.3) is 0 Å². The topological polar surface area (TPSA) is 46.2 Å². The van der Waals surface area contributed by atoms with Gasteiger partial charge >= 0.3 is 0 Å². The molecular weight excluding hydrogens is 282 g/mol. The third-order valence-corrected chi connectivity index (χ3v) is 7.81. The highest BCUT2D eigenvalue weighted by Gasteiger charge is 2.40. The van der Waals surface area contributed by atoms with Crippen LogP contribution in [0.15, 0.2) is 30.3 Å². The Morgan fingerprint density at radius 3 is 2.48 bits per heavy atom. The van der Waals surface area contributed by atoms with Gasteiger partial charge in [-0.3, -0.25) is 0 Å². The standard InChI is InChI=1S/C17H27NO2S/c1-4-13(2)21(19,20)17-12-15(10-11-16(17)18-3)14-8-6-5-7-9-14/h5-9,13,15-18H,4,10-12H2,1-3H3. The first-order chi connectivity index (χ1) is 10.0. The summed E-state index contributed by atoms with van der Waals surface area (Å²) in [5.41, 5.74) is 1.27. The molecule has 0 aliphatic heterocycles. The van der Waals surface area contributed by atoms with Crippen LogP contribution in [0, 0.1) is 0 Å². The third-order valence-electron chi connectivity index (χ3n) is 4.99. The van der Waals surface area contributed by atoms with E-state index in [1.54, 1.807) is 0 Å². The van der Waals surface area contributed by atoms with Crippen molar-refractivity contribution in [1.29, 1.82) is 0 Å². The highest BCUT2D eigenvalue weighted by atomic mass is 32.2. The molecule has 0 aromatic heterocycles. The molecule has 0 radical (unpaired) electrons. The lowest BCUT2D eigenvalue weighted by atomic mass is 9.81. The Morgan fingerprint density at radius 2 is 1.90 bits per heavy atom. The molecule has 1 fully saturated rings. The van der Waals surface area contributed by atoms with Gasteiger partial charge in [-0.2, -0.15) is 0 Å². The van der Waals surface area contributed by atoms with Crippen LogP contribution in [0.3, 0.4) is 0 Å². The fourth-order valence-corrected chi connectivity index (χ4v) is 5.67. The third kappa shape index (κ3) is 3.49. The van der Waals surface area contributed by atoms with Gasteiger partial charge in [0.1, 0.15) is 0 Å². The summed E-state index contributed by atoms with van der Waals surface area (Å²) >= 11 is 0. The van der Waals surface area contributed by atoms with Crippen molar-refractivity contribution in [2.75, 3.05) is 7.05 Å². The van der Waals surface area contributed by atoms with Crippen LogP contribution in [-0.4, -0.2) is 32.0 Å². The van der Waals surface area contributed by atoms with Gasteiger partial charge in [0.05, 0.1) is 10.5 Å². The van der Waals surface area contributed by atoms with E-state index in [9.17, 15) is 8.42 Å². The maximum absolute atomic E-state index is 12.8. The van der Waals surface area contributed by atoms with Crippen molar-refractivity contribution < 1.29 is 8.42 Å². The molecule has 4 atom stereocenters. The molecule has 0 heterocycles. The molecule has 3 nitrogen and oxygen atoms in total. The summed E-state index contributed by atoms with van der Waals surface area (Å²) in [5, 5.41) is 2.71. The Morgan fingerprint density at radius 1 is 1.24 bits per heavy atom. The number of hydrogen-bond donors (Lipinski definition) is 1. The zero-order chi connectivity index (χ0) is 15.5. The molecule has 0 saturated heterocycles. The van der Waals surface area contributed by atoms with Gasteiger partial charge in [-0.25, -0.2) is 8.42 Å². The molecule has 4 heteroatoms. The van der Waals surface area contributed by atoms with Gasteiger partial charge in [-0.05, 0) is 51.1 Å². The predicted molar refractivity (Wildman–Crippen MR) is 88.3 cm³/mol. The molecule has 118 valence electrons. The average molecular weight is 309 g/mol. The molecule has 1 aromatic carbocycles. The Bertz CT molecular complexity index is 541. The lowest BCUT2D eigenvalue weighted by Crippen LogP contribution is -2.48. The predicted octanol–water partition coefficient (Wildman–Crippen LogP) is 3.12. The maximum Gasteiger partial charge on any atom is 0.157 e. The Hall–Kier alpha value is -0.870. The smallest absolute Gasteiger partial charge is 0.157 e. The number of benzene rings is 1. The van der Waals surface area contributed by atoms with Crippen LogP contribution in [0.25, 0.3) is 0 Å². The van der Waals surface area contributed by atoms with Crippen molar-refractivity contribution in [3.05, 3.63) is 35.9 Å². The maximum atomic E-state index is 12.8. The summed E-state index contributed by atoms with van der Waals surface area (Å²) < 4.78 is 25.6. The first-order valence-corrected chi connectivity index (χ1v) is 9.56. The highest BCUT2D eigenvalue weighted by Crippen LogP contribution is 2.37. The molecule has 1 saturated carbocycles. The minimum atomic E-state index is -3.08. The van der Waals surface area contributed by atoms with Crippen molar-refractivity contribution in [2.45, 2.75) is 62.0 Å². The lowest BCUT2D eigenvalue weighted by Gasteiger charge is -2.37. The SMILES string of the molecule is CCC(C)S(=O)(=O)C1CC(c2ccccc2)CCC1NC. The molecule has 1 aromatic rings. The van der Waals surface area contributed by atoms with Crippen molar-refractivity contribution in [3.8, 4) is 0 Å². The van der Waals surface area contributed by atoms with Gasteiger partial charge in [0.15, 0.2) is 9.84 Å². The van der Waals surface area contributed by atoms with Crippen LogP contribution < -0.4 is 5.32 Å². The van der Waals surface area contributed by atoms with E-state index in [1.807, 2.05) is 39.1 Å². The molecular formula is C17H27NO2S. The molecule has 0 bridgehead atoms. The second kappa shape index (κ2) is 6.93. The van der Waals surface area contributed by atoms with Crippen molar-refractivity contribution in [1.82, 2.24) is 5.32 Å². The molecule has 1 aliphatic carbocycles. The second-order valence-corrected chi connectivity index (χ2v) is 8.75. The average Bonchev–Trinajstić information content (AvgIpc) is 2.54. The van der Waals surface area contributed by atoms with E-state index in [4.69, 9.17) is 0 Å². The van der Waals surface area contributed by atoms with Crippen LogP contribution in [0.5, 0.6) is 0 Å². The monoisotopic (exact) mass is 309 g/mol. The largest absolute Gasteiger partial charge is 0.316 e. The number of hydrogen-bond acceptors (Lipinski definition) is 3. The molecule has 4 unspecified atom stereocenters. The summed E-state index contributed by atoms with van der Waals surface area (Å²) in [4.78, 5) is 0. The molecule has 1 aliphatic rings. The molecule has 0 amide bonds. The van der Waals surface area contributed by atoms with Crippen LogP contribution in [0.2, 0.25) is 0 Å². The minimum Gasteiger partial charge on any atom is -0.316 e. The molecule has 2 rings (SSSR count). The number of sulfone groups is 1. The van der Waals surface area contributed by atoms with Crippen molar-refractivity contribution in [2.24, 2.45) is 0 Å². The first kappa shape index (κ1) is 16.5. The number of nitrogens with one attached hydrogen (secondary N) is 1. The van der Waals surface area contributed by atoms with Gasteiger partial charge < -0.3 is 5.32 Å². The molecule has 1 N–H and O–H groups in total. The Kier molecular flexibility index (Phi) is 5.44. The fraction of sp³-hybridized carbons (Fsp3) is 0.647. The van der Waals surface area contributed by atoms with Crippen molar-refractivity contribution in [3.63, 3.8) is 0 Å². The van der Waals surface area contributed by atoms with Gasteiger partial charge in [0, 0.05) is 6.04 Å². The molecule has 0 spiro atoms. The van der Waals surface area contributed by atoms with E-state index in [0.717, 1.165) is 19.3 Å². The summed E-state index contributed by atoms with van der Waals surface area (Å²) in [6.45, 7) is 3.79. The van der Waals surface area contributed by atoms with Gasteiger partial charge in [-0.15, -0.1) is 0 Å². The van der Waals surface area contributed by atoms with Crippen LogP contribution >= 0.6 is 0 Å². The zero-order valence-corrected chi connectivity index (χ0v) is 14.1. The van der Waals surface area contributed by atoms with Gasteiger partial charge in [0.2, 0.25) is 0 Å². The summed E-state index contributed by atoms with van der Waals surface area (Å²) in [7, 11) is -1.20. The first-order valence-electron chi connectivity index (χ1n) is 7.95. The van der Waals surface area contributed by atoms with Gasteiger partial charge in [-0.1, -0.05) is 37.3 Å². The summed E-state index contributed by atoms with van der Waals surface area (Å²) in [6.07, 6.45) is 3.41. The van der Waals surface area contributed by atoms with E-state index in [1.165, 1.54) is 5.56 Å². The van der Waals surface area contributed by atoms with E-state index < -0.39 is 9.84 Å². The van der Waals surface area contributed by atoms with Crippen LogP contribution in [-0.2, 0) is 9.84 Å². The quantitative estimate of drug-likeness (QED) is 0.909.